The summed E-state index contributed by atoms with van der Waals surface area (Å²) in [4.78, 5) is 4.56. The van der Waals surface area contributed by atoms with Crippen molar-refractivity contribution >= 4 is 13.7 Å². The highest BCUT2D eigenvalue weighted by atomic mass is 31.2. The molecule has 2 aromatic rings. The van der Waals surface area contributed by atoms with Gasteiger partial charge in [-0.3, -0.25) is 13.6 Å². The van der Waals surface area contributed by atoms with E-state index in [0.717, 1.165) is 6.07 Å². The van der Waals surface area contributed by atoms with Crippen molar-refractivity contribution in [3.8, 4) is 17.2 Å². The molecule has 0 amide bonds. The summed E-state index contributed by atoms with van der Waals surface area (Å²) in [5.41, 5.74) is -2.68. The molecule has 2 aromatic carbocycles. The van der Waals surface area contributed by atoms with Crippen LogP contribution in [0, 0.1) is 0 Å². The first-order valence-electron chi connectivity index (χ1n) is 15.1. The van der Waals surface area contributed by atoms with Gasteiger partial charge in [0, 0.05) is 6.92 Å². The number of rotatable bonds is 13. The van der Waals surface area contributed by atoms with Gasteiger partial charge in [0.25, 0.3) is 0 Å². The maximum Gasteiger partial charge on any atom is 0.586 e. The van der Waals surface area contributed by atoms with Gasteiger partial charge in [0.2, 0.25) is 0 Å². The number of hydrogen-bond acceptors (Lipinski definition) is 9. The average Bonchev–Trinajstić information content (AvgIpc) is 3.44. The summed E-state index contributed by atoms with van der Waals surface area (Å²) in [5, 5.41) is 0. The summed E-state index contributed by atoms with van der Waals surface area (Å²) >= 11 is 0. The van der Waals surface area contributed by atoms with Crippen molar-refractivity contribution in [2.24, 2.45) is 4.99 Å². The highest BCUT2D eigenvalue weighted by Crippen LogP contribution is 2.56. The summed E-state index contributed by atoms with van der Waals surface area (Å²) in [5.74, 6) is -0.153. The lowest BCUT2D eigenvalue weighted by molar-refractivity contribution is -0.286. The molecule has 1 unspecified atom stereocenters. The smallest absolute Gasteiger partial charge is 0.493 e. The van der Waals surface area contributed by atoms with Gasteiger partial charge in [-0.15, -0.1) is 8.78 Å². The van der Waals surface area contributed by atoms with Gasteiger partial charge >= 0.3 is 20.3 Å². The van der Waals surface area contributed by atoms with Crippen molar-refractivity contribution in [3.05, 3.63) is 53.1 Å². The molecule has 2 heterocycles. The lowest BCUT2D eigenvalue weighted by atomic mass is 9.93. The Bertz CT molecular complexity index is 1480. The average molecular weight is 694 g/mol. The predicted octanol–water partition coefficient (Wildman–Crippen LogP) is 8.91. The van der Waals surface area contributed by atoms with Crippen molar-refractivity contribution in [2.45, 2.75) is 103 Å². The minimum atomic E-state index is -4.69. The van der Waals surface area contributed by atoms with Crippen LogP contribution in [-0.4, -0.2) is 48.8 Å². The highest BCUT2D eigenvalue weighted by Gasteiger charge is 2.44. The van der Waals surface area contributed by atoms with Crippen LogP contribution >= 0.6 is 7.82 Å². The molecule has 0 bridgehead atoms. The summed E-state index contributed by atoms with van der Waals surface area (Å²) < 4.78 is 120. The Morgan fingerprint density at radius 1 is 0.894 bits per heavy atom. The van der Waals surface area contributed by atoms with Crippen molar-refractivity contribution in [3.63, 3.8) is 0 Å². The maximum atomic E-state index is 14.1. The fourth-order valence-electron chi connectivity index (χ4n) is 4.92. The van der Waals surface area contributed by atoms with Crippen molar-refractivity contribution in [2.75, 3.05) is 19.8 Å². The van der Waals surface area contributed by atoms with Gasteiger partial charge in [0.15, 0.2) is 17.4 Å². The fourth-order valence-corrected chi connectivity index (χ4v) is 6.80. The van der Waals surface area contributed by atoms with Crippen LogP contribution in [0.1, 0.15) is 78.0 Å². The molecule has 0 fully saturated rings. The predicted molar refractivity (Wildman–Crippen MR) is 163 cm³/mol. The molecule has 15 heteroatoms. The SMILES string of the molecule is CC1=NC(CCc2ccc(OCCCc3ccc4c(c3)OC(F)(F)O4)c(C(F)(F)F)c2)(COP(=O)(OC(C)(C)C)OC(C)(C)C)CO1. The molecule has 4 rings (SSSR count). The number of benzene rings is 2. The first kappa shape index (κ1) is 36.9. The molecular weight excluding hydrogens is 652 g/mol. The fraction of sp³-hybridized carbons (Fsp3) is 0.594. The zero-order valence-corrected chi connectivity index (χ0v) is 28.4. The van der Waals surface area contributed by atoms with E-state index in [4.69, 9.17) is 23.0 Å². The Morgan fingerprint density at radius 2 is 1.51 bits per heavy atom. The third kappa shape index (κ3) is 10.8. The monoisotopic (exact) mass is 693 g/mol. The molecule has 9 nitrogen and oxygen atoms in total. The van der Waals surface area contributed by atoms with Crippen LogP contribution in [0.5, 0.6) is 17.2 Å². The molecule has 0 spiro atoms. The topological polar surface area (TPSA) is 94.0 Å². The first-order valence-corrected chi connectivity index (χ1v) is 16.6. The number of nitrogens with zero attached hydrogens (tertiary/aromatic N) is 1. The Balaban J connectivity index is 1.41. The van der Waals surface area contributed by atoms with Gasteiger partial charge < -0.3 is 18.9 Å². The third-order valence-corrected chi connectivity index (χ3v) is 8.76. The van der Waals surface area contributed by atoms with E-state index in [1.165, 1.54) is 18.2 Å². The van der Waals surface area contributed by atoms with E-state index in [0.29, 0.717) is 29.9 Å². The first-order chi connectivity index (χ1) is 21.5. The van der Waals surface area contributed by atoms with E-state index >= 15 is 0 Å². The number of phosphoric acid groups is 1. The van der Waals surface area contributed by atoms with Crippen LogP contribution in [0.25, 0.3) is 0 Å². The highest BCUT2D eigenvalue weighted by molar-refractivity contribution is 7.48. The Kier molecular flexibility index (Phi) is 10.6. The normalized spacial score (nSPS) is 19.4. The number of aliphatic imine (C=N–C) groups is 1. The van der Waals surface area contributed by atoms with Crippen molar-refractivity contribution < 1.29 is 59.0 Å². The molecule has 262 valence electrons. The minimum absolute atomic E-state index is 0.0495. The van der Waals surface area contributed by atoms with E-state index in [2.05, 4.69) is 14.5 Å². The molecule has 0 aromatic heterocycles. The molecule has 47 heavy (non-hydrogen) atoms. The summed E-state index contributed by atoms with van der Waals surface area (Å²) in [7, 11) is -4.08. The number of ether oxygens (including phenoxy) is 4. The van der Waals surface area contributed by atoms with Crippen molar-refractivity contribution in [1.29, 1.82) is 0 Å². The van der Waals surface area contributed by atoms with Crippen LogP contribution in [0.15, 0.2) is 41.4 Å². The van der Waals surface area contributed by atoms with Gasteiger partial charge in [-0.05, 0) is 103 Å². The van der Waals surface area contributed by atoms with Gasteiger partial charge in [-0.1, -0.05) is 12.1 Å². The second kappa shape index (κ2) is 13.5. The Morgan fingerprint density at radius 3 is 2.11 bits per heavy atom. The van der Waals surface area contributed by atoms with E-state index < -0.39 is 42.6 Å². The van der Waals surface area contributed by atoms with Crippen molar-refractivity contribution in [1.82, 2.24) is 0 Å². The molecule has 1 atom stereocenters. The summed E-state index contributed by atoms with van der Waals surface area (Å²) in [6.45, 7) is 11.7. The van der Waals surface area contributed by atoms with Crippen LogP contribution < -0.4 is 14.2 Å². The Labute approximate surface area is 271 Å². The van der Waals surface area contributed by atoms with Gasteiger partial charge in [-0.2, -0.15) is 13.2 Å². The molecular formula is C32H41F5NO8P. The van der Waals surface area contributed by atoms with Crippen LogP contribution in [0.2, 0.25) is 0 Å². The standard InChI is InChI=1S/C32H41F5NO8P/c1-21-38-30(19-41-21,20-42-47(39,45-28(2,3)4)46-29(5,6)7)15-14-23-10-12-25(24(17-23)31(33,34)35)40-16-8-9-22-11-13-26-27(18-22)44-32(36,37)43-26/h10-13,17-18H,8-9,14-16,19-20H2,1-7H3. The number of alkyl halides is 5. The zero-order valence-electron chi connectivity index (χ0n) is 27.5. The molecule has 2 aliphatic rings. The van der Waals surface area contributed by atoms with E-state index in [9.17, 15) is 26.5 Å². The summed E-state index contributed by atoms with van der Waals surface area (Å²) in [6, 6.07) is 8.17. The van der Waals surface area contributed by atoms with Crippen LogP contribution in [0.4, 0.5) is 22.0 Å². The number of hydrogen-bond donors (Lipinski definition) is 0. The molecule has 0 N–H and O–H groups in total. The largest absolute Gasteiger partial charge is 0.586 e. The number of fused-ring (bicyclic) bond motifs is 1. The second-order valence-corrected chi connectivity index (χ2v) is 15.0. The number of phosphoric ester groups is 1. The Hall–Kier alpha value is -2.93. The summed E-state index contributed by atoms with van der Waals surface area (Å²) in [6.07, 6.45) is -7.38. The number of halogens is 5. The molecule has 0 saturated carbocycles. The molecule has 0 radical (unpaired) electrons. The van der Waals surface area contributed by atoms with E-state index in [1.807, 2.05) is 0 Å². The zero-order chi connectivity index (χ0) is 34.9. The van der Waals surface area contributed by atoms with Gasteiger partial charge in [0.1, 0.15) is 17.9 Å². The quantitative estimate of drug-likeness (QED) is 0.117. The maximum absolute atomic E-state index is 14.1. The van der Waals surface area contributed by atoms with E-state index in [-0.39, 0.29) is 49.9 Å². The second-order valence-electron chi connectivity index (χ2n) is 13.5. The lowest BCUT2D eigenvalue weighted by Crippen LogP contribution is -2.36. The van der Waals surface area contributed by atoms with Crippen LogP contribution in [-0.2, 0) is 41.9 Å². The molecule has 2 aliphatic heterocycles. The number of aryl methyl sites for hydroxylation is 2. The third-order valence-electron chi connectivity index (χ3n) is 6.77. The van der Waals surface area contributed by atoms with Gasteiger partial charge in [-0.25, -0.2) is 9.56 Å². The van der Waals surface area contributed by atoms with Gasteiger partial charge in [0.05, 0.1) is 30.0 Å². The molecule has 0 saturated heterocycles. The van der Waals surface area contributed by atoms with E-state index in [1.54, 1.807) is 60.6 Å². The van der Waals surface area contributed by atoms with Crippen LogP contribution in [0.3, 0.4) is 0 Å². The lowest BCUT2D eigenvalue weighted by Gasteiger charge is -2.33. The minimum Gasteiger partial charge on any atom is -0.493 e. The molecule has 0 aliphatic carbocycles.